The Hall–Kier alpha value is -2.76. The van der Waals surface area contributed by atoms with E-state index >= 15 is 0 Å². The number of carbonyl (C=O) groups is 2. The molecule has 1 atom stereocenters. The molecule has 1 amide bonds. The molecule has 0 fully saturated rings. The van der Waals surface area contributed by atoms with Crippen LogP contribution < -0.4 is 5.32 Å². The summed E-state index contributed by atoms with van der Waals surface area (Å²) < 4.78 is 10.7. The van der Waals surface area contributed by atoms with Gasteiger partial charge in [-0.1, -0.05) is 18.2 Å². The van der Waals surface area contributed by atoms with Crippen molar-refractivity contribution in [3.05, 3.63) is 47.9 Å². The number of Topliss-reactive ketones (excluding diaryl/α,β-unsaturated/α-hetero) is 1. The zero-order valence-electron chi connectivity index (χ0n) is 15.3. The Morgan fingerprint density at radius 3 is 2.77 bits per heavy atom. The van der Waals surface area contributed by atoms with Crippen molar-refractivity contribution in [2.24, 2.45) is 0 Å². The van der Waals surface area contributed by atoms with Gasteiger partial charge < -0.3 is 19.8 Å². The van der Waals surface area contributed by atoms with E-state index in [-0.39, 0.29) is 5.78 Å². The number of alkyl carbamates (subject to hydrolysis) is 1. The number of aromatic nitrogens is 1. The van der Waals surface area contributed by atoms with Gasteiger partial charge in [0.05, 0.1) is 6.61 Å². The van der Waals surface area contributed by atoms with Gasteiger partial charge in [0.25, 0.3) is 0 Å². The molecule has 0 unspecified atom stereocenters. The minimum atomic E-state index is -0.756. The molecule has 3 rings (SSSR count). The maximum Gasteiger partial charge on any atom is 0.408 e. The Kier molecular flexibility index (Phi) is 5.02. The molecule has 1 aromatic heterocycles. The molecule has 1 aliphatic heterocycles. The lowest BCUT2D eigenvalue weighted by molar-refractivity contribution is -0.120. The lowest BCUT2D eigenvalue weighted by Crippen LogP contribution is -2.45. The van der Waals surface area contributed by atoms with Gasteiger partial charge in [0, 0.05) is 29.9 Å². The maximum atomic E-state index is 12.8. The third-order valence-electron chi connectivity index (χ3n) is 4.05. The van der Waals surface area contributed by atoms with E-state index in [9.17, 15) is 9.59 Å². The van der Waals surface area contributed by atoms with Crippen LogP contribution in [-0.2, 0) is 20.7 Å². The van der Waals surface area contributed by atoms with Crippen LogP contribution in [0.15, 0.2) is 42.3 Å². The maximum absolute atomic E-state index is 12.8. The number of benzene rings is 1. The first-order chi connectivity index (χ1) is 12.3. The van der Waals surface area contributed by atoms with Crippen LogP contribution in [0.4, 0.5) is 4.79 Å². The first-order valence-electron chi connectivity index (χ1n) is 8.75. The first-order valence-corrected chi connectivity index (χ1v) is 8.75. The predicted octanol–water partition coefficient (Wildman–Crippen LogP) is 3.48. The molecule has 0 saturated heterocycles. The van der Waals surface area contributed by atoms with E-state index in [4.69, 9.17) is 9.47 Å². The summed E-state index contributed by atoms with van der Waals surface area (Å²) in [4.78, 5) is 28.3. The van der Waals surface area contributed by atoms with Crippen molar-refractivity contribution in [1.29, 1.82) is 0 Å². The fourth-order valence-electron chi connectivity index (χ4n) is 2.94. The summed E-state index contributed by atoms with van der Waals surface area (Å²) in [5, 5.41) is 3.73. The van der Waals surface area contributed by atoms with Gasteiger partial charge in [-0.2, -0.15) is 0 Å². The average molecular weight is 356 g/mol. The molecule has 1 aliphatic rings. The molecule has 0 aliphatic carbocycles. The lowest BCUT2D eigenvalue weighted by atomic mass is 10.0. The second-order valence-corrected chi connectivity index (χ2v) is 7.33. The van der Waals surface area contributed by atoms with Crippen LogP contribution in [0.5, 0.6) is 0 Å². The topological polar surface area (TPSA) is 80.4 Å². The predicted molar refractivity (Wildman–Crippen MR) is 98.8 cm³/mol. The zero-order valence-corrected chi connectivity index (χ0v) is 15.3. The van der Waals surface area contributed by atoms with E-state index in [2.05, 4.69) is 10.3 Å². The highest BCUT2D eigenvalue weighted by atomic mass is 16.6. The molecule has 2 aromatic rings. The van der Waals surface area contributed by atoms with Crippen LogP contribution in [0.3, 0.4) is 0 Å². The van der Waals surface area contributed by atoms with Gasteiger partial charge in [-0.15, -0.1) is 0 Å². The van der Waals surface area contributed by atoms with Gasteiger partial charge in [-0.3, -0.25) is 4.79 Å². The summed E-state index contributed by atoms with van der Waals surface area (Å²) in [6, 6.07) is 7.09. The minimum Gasteiger partial charge on any atom is -0.490 e. The van der Waals surface area contributed by atoms with Gasteiger partial charge in [0.2, 0.25) is 5.78 Å². The number of amides is 1. The Bertz CT molecular complexity index is 845. The Labute approximate surface area is 152 Å². The number of H-pyrrole nitrogens is 1. The molecular weight excluding hydrogens is 332 g/mol. The number of aromatic amines is 1. The van der Waals surface area contributed by atoms with Crippen molar-refractivity contribution >= 4 is 22.8 Å². The molecule has 0 bridgehead atoms. The van der Waals surface area contributed by atoms with E-state index in [1.54, 1.807) is 26.8 Å². The number of fused-ring (bicyclic) bond motifs is 1. The van der Waals surface area contributed by atoms with Crippen LogP contribution in [-0.4, -0.2) is 35.1 Å². The van der Waals surface area contributed by atoms with Crippen molar-refractivity contribution in [2.75, 3.05) is 6.61 Å². The number of carbonyl (C=O) groups excluding carboxylic acids is 2. The second kappa shape index (κ2) is 7.23. The van der Waals surface area contributed by atoms with Crippen LogP contribution in [0.2, 0.25) is 0 Å². The number of nitrogens with one attached hydrogen (secondary N) is 2. The summed E-state index contributed by atoms with van der Waals surface area (Å²) in [6.45, 7) is 5.84. The van der Waals surface area contributed by atoms with Crippen LogP contribution >= 0.6 is 0 Å². The highest BCUT2D eigenvalue weighted by molar-refractivity contribution is 6.00. The Morgan fingerprint density at radius 2 is 2.08 bits per heavy atom. The highest BCUT2D eigenvalue weighted by Crippen LogP contribution is 2.21. The summed E-state index contributed by atoms with van der Waals surface area (Å²) >= 11 is 0. The van der Waals surface area contributed by atoms with Gasteiger partial charge in [0.1, 0.15) is 11.6 Å². The number of hydrogen-bond acceptors (Lipinski definition) is 4. The van der Waals surface area contributed by atoms with E-state index in [0.717, 1.165) is 16.5 Å². The fraction of sp³-hybridized carbons (Fsp3) is 0.400. The largest absolute Gasteiger partial charge is 0.490 e. The highest BCUT2D eigenvalue weighted by Gasteiger charge is 2.29. The molecule has 26 heavy (non-hydrogen) atoms. The smallest absolute Gasteiger partial charge is 0.408 e. The van der Waals surface area contributed by atoms with Crippen molar-refractivity contribution in [3.8, 4) is 0 Å². The van der Waals surface area contributed by atoms with Crippen molar-refractivity contribution in [2.45, 2.75) is 45.3 Å². The fourth-order valence-corrected chi connectivity index (χ4v) is 2.94. The number of hydrogen-bond donors (Lipinski definition) is 2. The number of para-hydroxylation sites is 1. The van der Waals surface area contributed by atoms with Crippen LogP contribution in [0, 0.1) is 0 Å². The monoisotopic (exact) mass is 356 g/mol. The summed E-state index contributed by atoms with van der Waals surface area (Å²) in [5.74, 6) is 0.0736. The van der Waals surface area contributed by atoms with Crippen molar-refractivity contribution in [1.82, 2.24) is 10.3 Å². The standard InChI is InChI=1S/C20H24N2O4/c1-20(2,3)26-19(24)22-16(18(23)17-9-6-10-25-17)11-13-12-21-15-8-5-4-7-14(13)15/h4-5,7-9,12,16,21H,6,10-11H2,1-3H3,(H,22,24)/t16-/m0/s1. The molecule has 0 radical (unpaired) electrons. The molecule has 1 aromatic carbocycles. The zero-order chi connectivity index (χ0) is 18.7. The molecule has 6 heteroatoms. The van der Waals surface area contributed by atoms with E-state index in [1.165, 1.54) is 0 Å². The van der Waals surface area contributed by atoms with Gasteiger partial charge in [-0.05, 0) is 38.5 Å². The first kappa shape index (κ1) is 18.0. The Morgan fingerprint density at radius 1 is 1.31 bits per heavy atom. The van der Waals surface area contributed by atoms with Gasteiger partial charge in [-0.25, -0.2) is 4.79 Å². The van der Waals surface area contributed by atoms with Crippen LogP contribution in [0.1, 0.15) is 32.8 Å². The SMILES string of the molecule is CC(C)(C)OC(=O)N[C@@H](Cc1c[nH]c2ccccc12)C(=O)C1=CCCO1. The van der Waals surface area contributed by atoms with Crippen LogP contribution in [0.25, 0.3) is 10.9 Å². The lowest BCUT2D eigenvalue weighted by Gasteiger charge is -2.23. The molecule has 138 valence electrons. The van der Waals surface area contributed by atoms with E-state index in [1.807, 2.05) is 30.5 Å². The molecule has 6 nitrogen and oxygen atoms in total. The quantitative estimate of drug-likeness (QED) is 0.859. The number of ketones is 1. The van der Waals surface area contributed by atoms with E-state index < -0.39 is 17.7 Å². The minimum absolute atomic E-state index is 0.237. The van der Waals surface area contributed by atoms with Gasteiger partial charge in [0.15, 0.2) is 5.76 Å². The third kappa shape index (κ3) is 4.25. The number of rotatable bonds is 5. The molecule has 0 saturated carbocycles. The average Bonchev–Trinajstić information content (AvgIpc) is 3.22. The molecule has 2 N–H and O–H groups in total. The summed E-state index contributed by atoms with van der Waals surface area (Å²) in [6.07, 6.45) is 4.07. The third-order valence-corrected chi connectivity index (χ3v) is 4.05. The van der Waals surface area contributed by atoms with Crippen molar-refractivity contribution < 1.29 is 19.1 Å². The number of ether oxygens (including phenoxy) is 2. The Balaban J connectivity index is 1.82. The summed E-state index contributed by atoms with van der Waals surface area (Å²) in [5.41, 5.74) is 1.30. The van der Waals surface area contributed by atoms with E-state index in [0.29, 0.717) is 25.2 Å². The van der Waals surface area contributed by atoms with Crippen molar-refractivity contribution in [3.63, 3.8) is 0 Å². The summed E-state index contributed by atoms with van der Waals surface area (Å²) in [7, 11) is 0. The molecular formula is C20H24N2O4. The molecule has 0 spiro atoms. The molecule has 2 heterocycles. The second-order valence-electron chi connectivity index (χ2n) is 7.33. The van der Waals surface area contributed by atoms with Gasteiger partial charge >= 0.3 is 6.09 Å². The normalized spacial score (nSPS) is 15.3.